The number of ketones is 1. The largest absolute Gasteiger partial charge is 0.504 e. The summed E-state index contributed by atoms with van der Waals surface area (Å²) in [5.41, 5.74) is 1.81. The summed E-state index contributed by atoms with van der Waals surface area (Å²) in [6.45, 7) is 4.20. The highest BCUT2D eigenvalue weighted by Gasteiger charge is 2.24. The first-order valence-corrected chi connectivity index (χ1v) is 9.67. The summed E-state index contributed by atoms with van der Waals surface area (Å²) in [6.07, 6.45) is 1.30. The highest BCUT2D eigenvalue weighted by atomic mass is 35.5. The van der Waals surface area contributed by atoms with E-state index < -0.39 is 0 Å². The average Bonchev–Trinajstić information content (AvgIpc) is 2.70. The normalized spacial score (nSPS) is 14.2. The number of Topliss-reactive ketones (excluding diaryl/α,β-unsaturated/α-hetero) is 1. The highest BCUT2D eigenvalue weighted by molar-refractivity contribution is 6.33. The van der Waals surface area contributed by atoms with Gasteiger partial charge in [0.25, 0.3) is 5.91 Å². The number of piperazine rings is 1. The first-order valence-electron chi connectivity index (χ1n) is 9.29. The van der Waals surface area contributed by atoms with Gasteiger partial charge in [0.15, 0.2) is 17.3 Å². The topological polar surface area (TPSA) is 81.1 Å². The Bertz CT molecular complexity index is 892. The predicted molar refractivity (Wildman–Crippen MR) is 109 cm³/mol. The number of carbonyl (C=O) groups excluding carboxylic acids is 2. The molecule has 0 aliphatic carbocycles. The SMILES string of the molecule is CCCC(=O)c1ccc(N2CCN(C(=O)c3ccc(O)c(O)c3)CC2)c(Cl)c1. The van der Waals surface area contributed by atoms with Crippen molar-refractivity contribution < 1.29 is 19.8 Å². The summed E-state index contributed by atoms with van der Waals surface area (Å²) in [6, 6.07) is 9.45. The maximum absolute atomic E-state index is 12.6. The quantitative estimate of drug-likeness (QED) is 0.588. The monoisotopic (exact) mass is 402 g/mol. The van der Waals surface area contributed by atoms with E-state index in [4.69, 9.17) is 11.6 Å². The lowest BCUT2D eigenvalue weighted by Gasteiger charge is -2.36. The van der Waals surface area contributed by atoms with Crippen molar-refractivity contribution in [3.05, 3.63) is 52.5 Å². The van der Waals surface area contributed by atoms with Crippen LogP contribution in [0.1, 0.15) is 40.5 Å². The van der Waals surface area contributed by atoms with Gasteiger partial charge in [0.1, 0.15) is 0 Å². The minimum Gasteiger partial charge on any atom is -0.504 e. The van der Waals surface area contributed by atoms with Crippen LogP contribution in [0.15, 0.2) is 36.4 Å². The summed E-state index contributed by atoms with van der Waals surface area (Å²) in [5.74, 6) is -0.670. The standard InChI is InChI=1S/C21H23ClN2O4/c1-2-3-18(25)14-4-6-17(16(22)12-14)23-8-10-24(11-9-23)21(28)15-5-7-19(26)20(27)13-15/h4-7,12-13,26-27H,2-3,8-11H2,1H3. The van der Waals surface area contributed by atoms with Crippen molar-refractivity contribution in [2.24, 2.45) is 0 Å². The fraction of sp³-hybridized carbons (Fsp3) is 0.333. The summed E-state index contributed by atoms with van der Waals surface area (Å²) in [5, 5.41) is 19.5. The first kappa shape index (κ1) is 20.0. The molecule has 0 bridgehead atoms. The zero-order valence-electron chi connectivity index (χ0n) is 15.7. The van der Waals surface area contributed by atoms with Gasteiger partial charge in [-0.3, -0.25) is 9.59 Å². The van der Waals surface area contributed by atoms with Crippen LogP contribution in [0.4, 0.5) is 5.69 Å². The molecule has 28 heavy (non-hydrogen) atoms. The second kappa shape index (κ2) is 8.52. The van der Waals surface area contributed by atoms with E-state index in [0.29, 0.717) is 48.7 Å². The van der Waals surface area contributed by atoms with Crippen molar-refractivity contribution in [2.45, 2.75) is 19.8 Å². The van der Waals surface area contributed by atoms with Gasteiger partial charge in [-0.2, -0.15) is 0 Å². The number of phenolic OH excluding ortho intramolecular Hbond substituents is 2. The van der Waals surface area contributed by atoms with E-state index in [9.17, 15) is 19.8 Å². The molecule has 2 aromatic carbocycles. The third kappa shape index (κ3) is 4.22. The minimum absolute atomic E-state index is 0.0866. The molecule has 7 heteroatoms. The number of anilines is 1. The first-order chi connectivity index (χ1) is 13.4. The fourth-order valence-corrected chi connectivity index (χ4v) is 3.60. The fourth-order valence-electron chi connectivity index (χ4n) is 3.30. The van der Waals surface area contributed by atoms with Crippen LogP contribution in [0.3, 0.4) is 0 Å². The summed E-state index contributed by atoms with van der Waals surface area (Å²) in [7, 11) is 0. The molecular formula is C21H23ClN2O4. The van der Waals surface area contributed by atoms with Crippen LogP contribution in [0, 0.1) is 0 Å². The summed E-state index contributed by atoms with van der Waals surface area (Å²) in [4.78, 5) is 28.4. The van der Waals surface area contributed by atoms with E-state index in [0.717, 1.165) is 12.1 Å². The number of amides is 1. The number of benzene rings is 2. The van der Waals surface area contributed by atoms with E-state index in [1.807, 2.05) is 13.0 Å². The molecule has 0 radical (unpaired) electrons. The number of carbonyl (C=O) groups is 2. The number of halogens is 1. The molecule has 0 unspecified atom stereocenters. The second-order valence-corrected chi connectivity index (χ2v) is 7.23. The van der Waals surface area contributed by atoms with E-state index in [1.54, 1.807) is 17.0 Å². The lowest BCUT2D eigenvalue weighted by atomic mass is 10.1. The Balaban J connectivity index is 1.65. The molecule has 1 heterocycles. The minimum atomic E-state index is -0.311. The smallest absolute Gasteiger partial charge is 0.254 e. The number of hydrogen-bond donors (Lipinski definition) is 2. The van der Waals surface area contributed by atoms with E-state index >= 15 is 0 Å². The zero-order valence-corrected chi connectivity index (χ0v) is 16.4. The molecule has 0 saturated carbocycles. The average molecular weight is 403 g/mol. The van der Waals surface area contributed by atoms with Gasteiger partial charge < -0.3 is 20.0 Å². The van der Waals surface area contributed by atoms with E-state index in [2.05, 4.69) is 4.90 Å². The molecule has 1 aliphatic heterocycles. The third-order valence-corrected chi connectivity index (χ3v) is 5.18. The van der Waals surface area contributed by atoms with Gasteiger partial charge in [0, 0.05) is 43.7 Å². The maximum Gasteiger partial charge on any atom is 0.254 e. The molecule has 148 valence electrons. The van der Waals surface area contributed by atoms with Crippen LogP contribution in [0.2, 0.25) is 5.02 Å². The van der Waals surface area contributed by atoms with E-state index in [1.165, 1.54) is 18.2 Å². The molecule has 1 aliphatic rings. The zero-order chi connectivity index (χ0) is 20.3. The number of aromatic hydroxyl groups is 2. The van der Waals surface area contributed by atoms with Crippen molar-refractivity contribution in [3.8, 4) is 11.5 Å². The Kier molecular flexibility index (Phi) is 6.09. The highest BCUT2D eigenvalue weighted by Crippen LogP contribution is 2.29. The van der Waals surface area contributed by atoms with Gasteiger partial charge in [-0.1, -0.05) is 18.5 Å². The predicted octanol–water partition coefficient (Wildman–Crippen LogP) is 3.70. The molecule has 2 N–H and O–H groups in total. The Morgan fingerprint density at radius 3 is 2.25 bits per heavy atom. The van der Waals surface area contributed by atoms with Crippen LogP contribution >= 0.6 is 11.6 Å². The molecule has 3 rings (SSSR count). The Labute approximate surface area is 169 Å². The van der Waals surface area contributed by atoms with Gasteiger partial charge >= 0.3 is 0 Å². The molecule has 1 amide bonds. The van der Waals surface area contributed by atoms with Gasteiger partial charge in [0.2, 0.25) is 0 Å². The van der Waals surface area contributed by atoms with Crippen LogP contribution < -0.4 is 4.90 Å². The van der Waals surface area contributed by atoms with E-state index in [-0.39, 0.29) is 23.2 Å². The second-order valence-electron chi connectivity index (χ2n) is 6.82. The summed E-state index contributed by atoms with van der Waals surface area (Å²) >= 11 is 6.41. The van der Waals surface area contributed by atoms with Crippen molar-refractivity contribution in [2.75, 3.05) is 31.1 Å². The number of rotatable bonds is 5. The summed E-state index contributed by atoms with van der Waals surface area (Å²) < 4.78 is 0. The van der Waals surface area contributed by atoms with Crippen LogP contribution in [0.25, 0.3) is 0 Å². The van der Waals surface area contributed by atoms with Crippen molar-refractivity contribution in [1.29, 1.82) is 0 Å². The van der Waals surface area contributed by atoms with Crippen molar-refractivity contribution in [1.82, 2.24) is 4.90 Å². The molecule has 2 aromatic rings. The maximum atomic E-state index is 12.6. The number of hydrogen-bond acceptors (Lipinski definition) is 5. The molecule has 6 nitrogen and oxygen atoms in total. The number of phenols is 2. The van der Waals surface area contributed by atoms with Gasteiger partial charge in [0.05, 0.1) is 10.7 Å². The van der Waals surface area contributed by atoms with Crippen LogP contribution in [-0.4, -0.2) is 53.0 Å². The van der Waals surface area contributed by atoms with Gasteiger partial charge in [-0.15, -0.1) is 0 Å². The Morgan fingerprint density at radius 2 is 1.64 bits per heavy atom. The Hall–Kier alpha value is -2.73. The van der Waals surface area contributed by atoms with Crippen LogP contribution in [-0.2, 0) is 0 Å². The van der Waals surface area contributed by atoms with Crippen LogP contribution in [0.5, 0.6) is 11.5 Å². The van der Waals surface area contributed by atoms with Crippen molar-refractivity contribution >= 4 is 29.0 Å². The molecule has 0 aromatic heterocycles. The molecule has 0 spiro atoms. The Morgan fingerprint density at radius 1 is 0.964 bits per heavy atom. The van der Waals surface area contributed by atoms with Gasteiger partial charge in [-0.25, -0.2) is 0 Å². The van der Waals surface area contributed by atoms with Gasteiger partial charge in [-0.05, 0) is 42.8 Å². The molecule has 1 saturated heterocycles. The number of nitrogens with zero attached hydrogens (tertiary/aromatic N) is 2. The molecule has 1 fully saturated rings. The lowest BCUT2D eigenvalue weighted by Crippen LogP contribution is -2.48. The molecular weight excluding hydrogens is 380 g/mol. The van der Waals surface area contributed by atoms with Crippen molar-refractivity contribution in [3.63, 3.8) is 0 Å². The lowest BCUT2D eigenvalue weighted by molar-refractivity contribution is 0.0746. The molecule has 0 atom stereocenters. The third-order valence-electron chi connectivity index (χ3n) is 4.88.